The van der Waals surface area contributed by atoms with E-state index in [1.807, 2.05) is 36.5 Å². The second-order valence-corrected chi connectivity index (χ2v) is 15.2. The molecule has 0 bridgehead atoms. The molecule has 0 spiro atoms. The molecule has 3 atom stereocenters. The van der Waals surface area contributed by atoms with Gasteiger partial charge in [0.25, 0.3) is 0 Å². The van der Waals surface area contributed by atoms with E-state index in [0.29, 0.717) is 19.3 Å². The van der Waals surface area contributed by atoms with Crippen LogP contribution in [0.25, 0.3) is 0 Å². The molecule has 0 aromatic heterocycles. The Balaban J connectivity index is 4.14. The first-order valence-electron chi connectivity index (χ1n) is 21.9. The van der Waals surface area contributed by atoms with Crippen molar-refractivity contribution in [3.8, 4) is 0 Å². The normalized spacial score (nSPS) is 15.0. The lowest BCUT2D eigenvalue weighted by Gasteiger charge is -2.18. The molecule has 0 aliphatic carbocycles. The molecule has 0 aliphatic heterocycles. The van der Waals surface area contributed by atoms with Gasteiger partial charge in [0, 0.05) is 12.8 Å². The summed E-state index contributed by atoms with van der Waals surface area (Å²) in [5.74, 6) is -2.61. The fourth-order valence-electron chi connectivity index (χ4n) is 4.83. The van der Waals surface area contributed by atoms with E-state index in [9.17, 15) is 34.1 Å². The molecule has 0 radical (unpaired) electrons. The van der Waals surface area contributed by atoms with Crippen molar-refractivity contribution in [2.24, 2.45) is 0 Å². The van der Waals surface area contributed by atoms with Crippen molar-refractivity contribution in [1.29, 1.82) is 0 Å². The zero-order valence-corrected chi connectivity index (χ0v) is 38.0. The lowest BCUT2D eigenvalue weighted by Crippen LogP contribution is -2.43. The van der Waals surface area contributed by atoms with Crippen LogP contribution in [0.1, 0.15) is 117 Å². The number of amides is 1. The number of aliphatic hydroxyl groups is 1. The highest BCUT2D eigenvalue weighted by molar-refractivity contribution is 7.47. The van der Waals surface area contributed by atoms with Gasteiger partial charge in [-0.25, -0.2) is 9.36 Å². The number of carboxylic acid groups (broad SMARTS) is 1. The molecule has 344 valence electrons. The number of hydrogen-bond donors (Lipinski definition) is 4. The molecule has 1 amide bonds. The molecule has 0 aliphatic rings. The first kappa shape index (κ1) is 57.4. The Morgan fingerprint density at radius 1 is 0.500 bits per heavy atom. The van der Waals surface area contributed by atoms with Crippen molar-refractivity contribution in [3.05, 3.63) is 146 Å². The zero-order chi connectivity index (χ0) is 45.6. The van der Waals surface area contributed by atoms with Crippen molar-refractivity contribution < 1.29 is 47.8 Å². The van der Waals surface area contributed by atoms with Crippen LogP contribution in [0.5, 0.6) is 0 Å². The van der Waals surface area contributed by atoms with Gasteiger partial charge in [-0.2, -0.15) is 0 Å². The Bertz CT molecular complexity index is 1600. The molecule has 12 heteroatoms. The average molecular weight is 880 g/mol. The molecule has 0 saturated carbocycles. The van der Waals surface area contributed by atoms with Crippen molar-refractivity contribution in [2.75, 3.05) is 19.8 Å². The number of carboxylic acids is 1. The number of allylic oxidation sites excluding steroid dienone is 24. The largest absolute Gasteiger partial charge is 0.480 e. The summed E-state index contributed by atoms with van der Waals surface area (Å²) < 4.78 is 26.7. The molecular formula is C50H74NO10P. The van der Waals surface area contributed by atoms with E-state index >= 15 is 0 Å². The second-order valence-electron chi connectivity index (χ2n) is 13.8. The number of aliphatic carboxylic acids is 1. The second kappa shape index (κ2) is 43.0. The molecule has 4 N–H and O–H groups in total. The number of carbonyl (C=O) groups excluding carboxylic acids is 2. The Morgan fingerprint density at radius 2 is 0.823 bits per heavy atom. The molecule has 0 aromatic carbocycles. The standard InChI is InChI=1S/C50H74NO10P/c1-3-5-7-9-11-13-15-17-19-21-23-25-27-29-31-33-35-37-39-41-48(53)51-47(50(55)56)45-61-62(57,58)60-44-46(52)43-59-49(54)42-40-38-36-34-32-30-28-26-24-22-20-18-16-14-12-10-8-6-4-2/h5-8,11-14,17-20,23-26,29-32,35-38,46-47,52H,3-4,9-10,15-16,21-22,27-28,33-34,39-45H2,1-2H3,(H,51,53)(H,55,56)(H,57,58)/b7-5-,8-6-,13-11-,14-12-,19-17-,20-18-,25-23-,26-24-,31-29-,32-30-,37-35-,38-36-. The van der Waals surface area contributed by atoms with Crippen LogP contribution in [0.4, 0.5) is 0 Å². The maximum absolute atomic E-state index is 12.3. The highest BCUT2D eigenvalue weighted by atomic mass is 31.2. The minimum atomic E-state index is -4.81. The summed E-state index contributed by atoms with van der Waals surface area (Å²) in [7, 11) is -4.81. The lowest BCUT2D eigenvalue weighted by atomic mass is 10.2. The average Bonchev–Trinajstić information content (AvgIpc) is 3.25. The van der Waals surface area contributed by atoms with Crippen molar-refractivity contribution >= 4 is 25.7 Å². The van der Waals surface area contributed by atoms with E-state index in [1.165, 1.54) is 0 Å². The fourth-order valence-corrected chi connectivity index (χ4v) is 5.60. The first-order valence-corrected chi connectivity index (χ1v) is 23.4. The minimum absolute atomic E-state index is 0.00549. The van der Waals surface area contributed by atoms with Gasteiger partial charge in [-0.1, -0.05) is 160 Å². The third kappa shape index (κ3) is 42.1. The quantitative estimate of drug-likeness (QED) is 0.0266. The number of aliphatic hydroxyl groups excluding tert-OH is 1. The van der Waals surface area contributed by atoms with Gasteiger partial charge in [0.15, 0.2) is 6.04 Å². The third-order valence-corrected chi connectivity index (χ3v) is 9.10. The number of phosphoric ester groups is 1. The van der Waals surface area contributed by atoms with Crippen molar-refractivity contribution in [3.63, 3.8) is 0 Å². The van der Waals surface area contributed by atoms with Gasteiger partial charge in [-0.05, 0) is 89.9 Å². The van der Waals surface area contributed by atoms with Crippen LogP contribution < -0.4 is 5.32 Å². The summed E-state index contributed by atoms with van der Waals surface area (Å²) in [4.78, 5) is 45.9. The SMILES string of the molecule is CC/C=C\C/C=C\C/C=C\C/C=C\C/C=C\C/C=C\CCC(=O)NC(COP(=O)(O)OCC(O)COC(=O)CC/C=C\C/C=C\C/C=C\C/C=C\C/C=C\C/C=C\CC)C(=O)O. The highest BCUT2D eigenvalue weighted by Crippen LogP contribution is 2.43. The van der Waals surface area contributed by atoms with Crippen molar-refractivity contribution in [2.45, 2.75) is 129 Å². The number of phosphoric acid groups is 1. The van der Waals surface area contributed by atoms with Gasteiger partial charge >= 0.3 is 19.8 Å². The Labute approximate surface area is 372 Å². The molecule has 3 unspecified atom stereocenters. The molecule has 0 heterocycles. The minimum Gasteiger partial charge on any atom is -0.480 e. The van der Waals surface area contributed by atoms with Crippen LogP contribution in [0.2, 0.25) is 0 Å². The predicted octanol–water partition coefficient (Wildman–Crippen LogP) is 11.5. The van der Waals surface area contributed by atoms with Crippen LogP contribution in [0.15, 0.2) is 146 Å². The molecule has 0 rings (SSSR count). The smallest absolute Gasteiger partial charge is 0.472 e. The summed E-state index contributed by atoms with van der Waals surface area (Å²) in [5, 5.41) is 21.8. The number of rotatable bonds is 38. The fraction of sp³-hybridized carbons (Fsp3) is 0.460. The summed E-state index contributed by atoms with van der Waals surface area (Å²) in [6.45, 7) is 2.20. The van der Waals surface area contributed by atoms with E-state index in [1.54, 1.807) is 0 Å². The number of nitrogens with one attached hydrogen (secondary N) is 1. The van der Waals surface area contributed by atoms with Gasteiger partial charge in [0.1, 0.15) is 12.7 Å². The van der Waals surface area contributed by atoms with Gasteiger partial charge in [-0.15, -0.1) is 0 Å². The molecule has 11 nitrogen and oxygen atoms in total. The van der Waals surface area contributed by atoms with Crippen molar-refractivity contribution in [1.82, 2.24) is 5.32 Å². The summed E-state index contributed by atoms with van der Waals surface area (Å²) in [5.41, 5.74) is 0. The lowest BCUT2D eigenvalue weighted by molar-refractivity contribution is -0.147. The molecule has 0 saturated heterocycles. The maximum atomic E-state index is 12.3. The van der Waals surface area contributed by atoms with Crippen LogP contribution in [-0.4, -0.2) is 64.9 Å². The zero-order valence-electron chi connectivity index (χ0n) is 37.1. The molecule has 62 heavy (non-hydrogen) atoms. The van der Waals surface area contributed by atoms with E-state index in [0.717, 1.165) is 70.6 Å². The third-order valence-electron chi connectivity index (χ3n) is 8.15. The number of carbonyl (C=O) groups is 3. The van der Waals surface area contributed by atoms with E-state index in [2.05, 4.69) is 129 Å². The number of hydrogen-bond acceptors (Lipinski definition) is 8. The van der Waals surface area contributed by atoms with Gasteiger partial charge in [0.2, 0.25) is 5.91 Å². The monoisotopic (exact) mass is 880 g/mol. The Kier molecular flexibility index (Phi) is 39.8. The summed E-state index contributed by atoms with van der Waals surface area (Å²) in [6, 6.07) is -1.61. The van der Waals surface area contributed by atoms with E-state index in [4.69, 9.17) is 13.8 Å². The Morgan fingerprint density at radius 3 is 1.18 bits per heavy atom. The topological polar surface area (TPSA) is 169 Å². The van der Waals surface area contributed by atoms with Gasteiger partial charge in [-0.3, -0.25) is 18.6 Å². The first-order chi connectivity index (χ1) is 30.1. The maximum Gasteiger partial charge on any atom is 0.472 e. The summed E-state index contributed by atoms with van der Waals surface area (Å²) in [6.07, 6.45) is 60.4. The van der Waals surface area contributed by atoms with Crippen LogP contribution >= 0.6 is 7.82 Å². The van der Waals surface area contributed by atoms with E-state index < -0.39 is 57.6 Å². The number of esters is 1. The Hall–Kier alpha value is -4.64. The van der Waals surface area contributed by atoms with Gasteiger partial charge < -0.3 is 25.2 Å². The summed E-state index contributed by atoms with van der Waals surface area (Å²) >= 11 is 0. The molecular weight excluding hydrogens is 806 g/mol. The predicted molar refractivity (Wildman–Crippen MR) is 253 cm³/mol. The highest BCUT2D eigenvalue weighted by Gasteiger charge is 2.28. The van der Waals surface area contributed by atoms with Crippen LogP contribution in [0, 0.1) is 0 Å². The van der Waals surface area contributed by atoms with Crippen LogP contribution in [0.3, 0.4) is 0 Å². The van der Waals surface area contributed by atoms with Crippen LogP contribution in [-0.2, 0) is 32.7 Å². The molecule has 0 aromatic rings. The molecule has 0 fully saturated rings. The number of ether oxygens (including phenoxy) is 1. The van der Waals surface area contributed by atoms with E-state index in [-0.39, 0.29) is 12.8 Å². The van der Waals surface area contributed by atoms with Gasteiger partial charge in [0.05, 0.1) is 13.2 Å².